The average Bonchev–Trinajstić information content (AvgIpc) is 2.91. The van der Waals surface area contributed by atoms with E-state index >= 15 is 0 Å². The van der Waals surface area contributed by atoms with Crippen molar-refractivity contribution in [2.75, 3.05) is 6.54 Å². The van der Waals surface area contributed by atoms with E-state index in [9.17, 15) is 13.2 Å². The molecule has 6 nitrogen and oxygen atoms in total. The van der Waals surface area contributed by atoms with E-state index in [1.54, 1.807) is 0 Å². The standard InChI is InChI=1S/C17H29F3N6.HI/c1-4-5-9-21-16(22-11-15-25-24-12(2)26(15)3)23-14-8-6-7-13(10-14)17(18,19)20;/h13-14H,4-11H2,1-3H3,(H2,21,22,23);1H. The first-order chi connectivity index (χ1) is 12.3. The van der Waals surface area contributed by atoms with E-state index in [1.165, 1.54) is 0 Å². The van der Waals surface area contributed by atoms with Gasteiger partial charge in [0.25, 0.3) is 0 Å². The van der Waals surface area contributed by atoms with Gasteiger partial charge < -0.3 is 15.2 Å². The minimum absolute atomic E-state index is 0. The molecule has 1 saturated carbocycles. The van der Waals surface area contributed by atoms with Gasteiger partial charge in [-0.2, -0.15) is 13.2 Å². The van der Waals surface area contributed by atoms with Crippen molar-refractivity contribution >= 4 is 29.9 Å². The molecule has 0 bridgehead atoms. The fraction of sp³-hybridized carbons (Fsp3) is 0.824. The van der Waals surface area contributed by atoms with Crippen LogP contribution in [0.2, 0.25) is 0 Å². The van der Waals surface area contributed by atoms with E-state index in [2.05, 4.69) is 32.7 Å². The summed E-state index contributed by atoms with van der Waals surface area (Å²) >= 11 is 0. The van der Waals surface area contributed by atoms with Gasteiger partial charge in [-0.3, -0.25) is 0 Å². The second-order valence-electron chi connectivity index (χ2n) is 6.91. The third kappa shape index (κ3) is 7.46. The minimum Gasteiger partial charge on any atom is -0.356 e. The lowest BCUT2D eigenvalue weighted by Gasteiger charge is -2.32. The third-order valence-electron chi connectivity index (χ3n) is 4.86. The summed E-state index contributed by atoms with van der Waals surface area (Å²) in [4.78, 5) is 4.51. The van der Waals surface area contributed by atoms with Gasteiger partial charge in [-0.1, -0.05) is 19.8 Å². The number of rotatable bonds is 6. The Bertz CT molecular complexity index is 602. The third-order valence-corrected chi connectivity index (χ3v) is 4.86. The molecule has 1 aliphatic rings. The highest BCUT2D eigenvalue weighted by Crippen LogP contribution is 2.37. The molecule has 2 N–H and O–H groups in total. The maximum absolute atomic E-state index is 13.0. The summed E-state index contributed by atoms with van der Waals surface area (Å²) in [5, 5.41) is 14.5. The van der Waals surface area contributed by atoms with E-state index in [0.717, 1.165) is 37.5 Å². The van der Waals surface area contributed by atoms with Gasteiger partial charge >= 0.3 is 6.18 Å². The molecule has 1 heterocycles. The second kappa shape index (κ2) is 11.1. The van der Waals surface area contributed by atoms with Crippen LogP contribution in [-0.4, -0.2) is 39.5 Å². The van der Waals surface area contributed by atoms with Crippen molar-refractivity contribution in [3.8, 4) is 0 Å². The molecule has 2 atom stereocenters. The van der Waals surface area contributed by atoms with Crippen molar-refractivity contribution in [1.82, 2.24) is 25.4 Å². The van der Waals surface area contributed by atoms with E-state index in [1.807, 2.05) is 18.5 Å². The van der Waals surface area contributed by atoms with Gasteiger partial charge in [0.2, 0.25) is 0 Å². The van der Waals surface area contributed by atoms with Crippen molar-refractivity contribution < 1.29 is 13.2 Å². The molecule has 0 aromatic carbocycles. The molecule has 1 fully saturated rings. The van der Waals surface area contributed by atoms with E-state index < -0.39 is 12.1 Å². The Morgan fingerprint density at radius 3 is 2.63 bits per heavy atom. The first kappa shape index (κ1) is 24.0. The molecule has 10 heteroatoms. The molecule has 2 unspecified atom stereocenters. The monoisotopic (exact) mass is 502 g/mol. The zero-order valence-corrected chi connectivity index (χ0v) is 18.5. The average molecular weight is 502 g/mol. The van der Waals surface area contributed by atoms with Gasteiger partial charge in [0.05, 0.1) is 5.92 Å². The van der Waals surface area contributed by atoms with Crippen molar-refractivity contribution in [1.29, 1.82) is 0 Å². The van der Waals surface area contributed by atoms with Crippen LogP contribution in [0.3, 0.4) is 0 Å². The summed E-state index contributed by atoms with van der Waals surface area (Å²) in [6.45, 7) is 5.01. The zero-order chi connectivity index (χ0) is 19.2. The Hall–Kier alpha value is -1.07. The van der Waals surface area contributed by atoms with Crippen LogP contribution >= 0.6 is 24.0 Å². The van der Waals surface area contributed by atoms with E-state index in [-0.39, 0.29) is 42.9 Å². The Labute approximate surface area is 175 Å². The number of hydrogen-bond acceptors (Lipinski definition) is 3. The first-order valence-corrected chi connectivity index (χ1v) is 9.27. The molecule has 1 aromatic heterocycles. The molecule has 0 aliphatic heterocycles. The quantitative estimate of drug-likeness (QED) is 0.270. The van der Waals surface area contributed by atoms with Crippen molar-refractivity contribution in [2.45, 2.75) is 71.1 Å². The first-order valence-electron chi connectivity index (χ1n) is 9.27. The Morgan fingerprint density at radius 2 is 2.04 bits per heavy atom. The van der Waals surface area contributed by atoms with Crippen molar-refractivity contribution in [3.05, 3.63) is 11.6 Å². The zero-order valence-electron chi connectivity index (χ0n) is 16.1. The van der Waals surface area contributed by atoms with Crippen molar-refractivity contribution in [2.24, 2.45) is 18.0 Å². The number of aryl methyl sites for hydroxylation is 1. The van der Waals surface area contributed by atoms with Crippen LogP contribution in [0.4, 0.5) is 13.2 Å². The van der Waals surface area contributed by atoms with E-state index in [0.29, 0.717) is 18.9 Å². The van der Waals surface area contributed by atoms with E-state index in [4.69, 9.17) is 0 Å². The Balaban J connectivity index is 0.00000364. The summed E-state index contributed by atoms with van der Waals surface area (Å²) in [6, 6.07) is -0.218. The van der Waals surface area contributed by atoms with Crippen LogP contribution in [0.1, 0.15) is 57.1 Å². The molecule has 2 rings (SSSR count). The van der Waals surface area contributed by atoms with Gasteiger partial charge in [0.15, 0.2) is 11.8 Å². The number of nitrogens with one attached hydrogen (secondary N) is 2. The van der Waals surface area contributed by atoms with Gasteiger partial charge in [0, 0.05) is 19.6 Å². The van der Waals surface area contributed by atoms with Gasteiger partial charge in [-0.15, -0.1) is 34.2 Å². The molecule has 0 saturated heterocycles. The molecule has 0 amide bonds. The Morgan fingerprint density at radius 1 is 1.30 bits per heavy atom. The number of aromatic nitrogens is 3. The molecule has 0 radical (unpaired) electrons. The topological polar surface area (TPSA) is 67.1 Å². The number of guanidine groups is 1. The number of alkyl halides is 3. The number of hydrogen-bond donors (Lipinski definition) is 2. The highest BCUT2D eigenvalue weighted by Gasteiger charge is 2.42. The van der Waals surface area contributed by atoms with Crippen LogP contribution in [0, 0.1) is 12.8 Å². The lowest BCUT2D eigenvalue weighted by molar-refractivity contribution is -0.183. The largest absolute Gasteiger partial charge is 0.391 e. The minimum atomic E-state index is -4.12. The number of nitrogens with zero attached hydrogens (tertiary/aromatic N) is 4. The van der Waals surface area contributed by atoms with Gasteiger partial charge in [-0.25, -0.2) is 4.99 Å². The summed E-state index contributed by atoms with van der Waals surface area (Å²) in [5.41, 5.74) is 0. The predicted molar refractivity (Wildman–Crippen MR) is 110 cm³/mol. The SMILES string of the molecule is CCCCNC(=NCc1nnc(C)n1C)NC1CCCC(C(F)(F)F)C1.I. The molecule has 1 aliphatic carbocycles. The molecule has 156 valence electrons. The highest BCUT2D eigenvalue weighted by molar-refractivity contribution is 14.0. The fourth-order valence-corrected chi connectivity index (χ4v) is 3.09. The Kier molecular flexibility index (Phi) is 9.82. The summed E-state index contributed by atoms with van der Waals surface area (Å²) in [6.07, 6.45) is -0.501. The lowest BCUT2D eigenvalue weighted by atomic mass is 9.85. The molecule has 27 heavy (non-hydrogen) atoms. The summed E-state index contributed by atoms with van der Waals surface area (Å²) < 4.78 is 40.9. The normalized spacial score (nSPS) is 20.9. The fourth-order valence-electron chi connectivity index (χ4n) is 3.09. The predicted octanol–water partition coefficient (Wildman–Crippen LogP) is 3.70. The maximum Gasteiger partial charge on any atom is 0.391 e. The van der Waals surface area contributed by atoms with Gasteiger partial charge in [0.1, 0.15) is 12.4 Å². The lowest BCUT2D eigenvalue weighted by Crippen LogP contribution is -2.47. The van der Waals surface area contributed by atoms with Crippen molar-refractivity contribution in [3.63, 3.8) is 0 Å². The van der Waals surface area contributed by atoms with Crippen LogP contribution in [-0.2, 0) is 13.6 Å². The molecule has 1 aromatic rings. The number of unbranched alkanes of at least 4 members (excludes halogenated alkanes) is 1. The van der Waals surface area contributed by atoms with Crippen LogP contribution in [0.15, 0.2) is 4.99 Å². The number of aliphatic imine (C=N–C) groups is 1. The van der Waals surface area contributed by atoms with Crippen LogP contribution < -0.4 is 10.6 Å². The molecular weight excluding hydrogens is 472 g/mol. The smallest absolute Gasteiger partial charge is 0.356 e. The maximum atomic E-state index is 13.0. The second-order valence-corrected chi connectivity index (χ2v) is 6.91. The highest BCUT2D eigenvalue weighted by atomic mass is 127. The van der Waals surface area contributed by atoms with Crippen LogP contribution in [0.25, 0.3) is 0 Å². The summed E-state index contributed by atoms with van der Waals surface area (Å²) in [5.74, 6) is 0.832. The number of halogens is 4. The molecule has 0 spiro atoms. The summed E-state index contributed by atoms with van der Waals surface area (Å²) in [7, 11) is 1.87. The van der Waals surface area contributed by atoms with Crippen LogP contribution in [0.5, 0.6) is 0 Å². The molecular formula is C17H30F3IN6. The van der Waals surface area contributed by atoms with Gasteiger partial charge in [-0.05, 0) is 32.6 Å².